The minimum Gasteiger partial charge on any atom is -0.329 e. The van der Waals surface area contributed by atoms with Crippen LogP contribution >= 0.6 is 0 Å². The zero-order valence-corrected chi connectivity index (χ0v) is 13.9. The summed E-state index contributed by atoms with van der Waals surface area (Å²) >= 11 is 0. The van der Waals surface area contributed by atoms with Gasteiger partial charge in [0.15, 0.2) is 0 Å². The predicted octanol–water partition coefficient (Wildman–Crippen LogP) is 2.33. The average molecular weight is 336 g/mol. The van der Waals surface area contributed by atoms with Crippen LogP contribution in [0.5, 0.6) is 0 Å². The van der Waals surface area contributed by atoms with Crippen LogP contribution in [0, 0.1) is 12.7 Å². The fraction of sp³-hybridized carbons (Fsp3) is 0.294. The lowest BCUT2D eigenvalue weighted by Gasteiger charge is -2.22. The number of halogens is 1. The predicted molar refractivity (Wildman–Crippen MR) is 89.1 cm³/mol. The number of hydrogen-bond acceptors (Lipinski definition) is 3. The quantitative estimate of drug-likeness (QED) is 0.844. The molecule has 0 radical (unpaired) electrons. The fourth-order valence-electron chi connectivity index (χ4n) is 2.34. The highest BCUT2D eigenvalue weighted by Gasteiger charge is 2.26. The van der Waals surface area contributed by atoms with E-state index in [4.69, 9.17) is 5.73 Å². The Balaban J connectivity index is 2.26. The first-order chi connectivity index (χ1) is 10.9. The van der Waals surface area contributed by atoms with Gasteiger partial charge in [-0.3, -0.25) is 0 Å². The standard InChI is InChI=1S/C17H21FN2O2S/c1-14-7-8-16(18)17(13-14)23(21,22)20(12-10-19)11-9-15-5-3-2-4-6-15/h2-8,13H,9-12,19H2,1H3. The van der Waals surface area contributed by atoms with Gasteiger partial charge in [0.25, 0.3) is 0 Å². The maximum Gasteiger partial charge on any atom is 0.246 e. The van der Waals surface area contributed by atoms with Gasteiger partial charge in [-0.1, -0.05) is 36.4 Å². The first kappa shape index (κ1) is 17.6. The summed E-state index contributed by atoms with van der Waals surface area (Å²) in [6.07, 6.45) is 0.549. The summed E-state index contributed by atoms with van der Waals surface area (Å²) in [7, 11) is -3.91. The first-order valence-corrected chi connectivity index (χ1v) is 8.89. The molecule has 0 heterocycles. The van der Waals surface area contributed by atoms with Gasteiger partial charge in [0.1, 0.15) is 10.7 Å². The van der Waals surface area contributed by atoms with Crippen LogP contribution < -0.4 is 5.73 Å². The molecule has 6 heteroatoms. The second-order valence-electron chi connectivity index (χ2n) is 5.36. The zero-order chi connectivity index (χ0) is 16.9. The van der Waals surface area contributed by atoms with E-state index in [1.165, 1.54) is 16.4 Å². The lowest BCUT2D eigenvalue weighted by atomic mass is 10.1. The molecule has 0 saturated carbocycles. The summed E-state index contributed by atoms with van der Waals surface area (Å²) in [6.45, 7) is 2.33. The number of nitrogens with two attached hydrogens (primary N) is 1. The van der Waals surface area contributed by atoms with Crippen molar-refractivity contribution in [2.45, 2.75) is 18.2 Å². The minimum atomic E-state index is -3.91. The van der Waals surface area contributed by atoms with Gasteiger partial charge in [0.05, 0.1) is 0 Å². The Labute approximate surface area is 136 Å². The van der Waals surface area contributed by atoms with Crippen LogP contribution in [0.2, 0.25) is 0 Å². The van der Waals surface area contributed by atoms with Gasteiger partial charge in [-0.25, -0.2) is 12.8 Å². The number of benzene rings is 2. The molecule has 2 aromatic rings. The topological polar surface area (TPSA) is 63.4 Å². The Morgan fingerprint density at radius 3 is 2.43 bits per heavy atom. The molecule has 0 spiro atoms. The second-order valence-corrected chi connectivity index (χ2v) is 7.27. The van der Waals surface area contributed by atoms with Crippen molar-refractivity contribution < 1.29 is 12.8 Å². The Kier molecular flexibility index (Phi) is 5.87. The Morgan fingerprint density at radius 1 is 1.09 bits per heavy atom. The van der Waals surface area contributed by atoms with E-state index in [1.807, 2.05) is 30.3 Å². The summed E-state index contributed by atoms with van der Waals surface area (Å²) in [6, 6.07) is 13.7. The smallest absolute Gasteiger partial charge is 0.246 e. The van der Waals surface area contributed by atoms with Crippen LogP contribution in [0.4, 0.5) is 4.39 Å². The third-order valence-electron chi connectivity index (χ3n) is 3.58. The van der Waals surface area contributed by atoms with Crippen LogP contribution in [0.3, 0.4) is 0 Å². The van der Waals surface area contributed by atoms with Gasteiger partial charge >= 0.3 is 0 Å². The third kappa shape index (κ3) is 4.37. The minimum absolute atomic E-state index is 0.155. The van der Waals surface area contributed by atoms with Crippen LogP contribution in [-0.2, 0) is 16.4 Å². The van der Waals surface area contributed by atoms with E-state index in [9.17, 15) is 12.8 Å². The average Bonchev–Trinajstić information content (AvgIpc) is 2.54. The molecule has 0 aliphatic heterocycles. The highest BCUT2D eigenvalue weighted by atomic mass is 32.2. The van der Waals surface area contributed by atoms with E-state index in [2.05, 4.69) is 0 Å². The lowest BCUT2D eigenvalue weighted by Crippen LogP contribution is -2.37. The van der Waals surface area contributed by atoms with Crippen LogP contribution in [0.15, 0.2) is 53.4 Å². The highest BCUT2D eigenvalue weighted by Crippen LogP contribution is 2.21. The number of rotatable bonds is 7. The summed E-state index contributed by atoms with van der Waals surface area (Å²) in [5.41, 5.74) is 7.26. The van der Waals surface area contributed by atoms with Gasteiger partial charge in [-0.15, -0.1) is 0 Å². The van der Waals surface area contributed by atoms with E-state index in [0.717, 1.165) is 5.56 Å². The SMILES string of the molecule is Cc1ccc(F)c(S(=O)(=O)N(CCN)CCc2ccccc2)c1. The van der Waals surface area contributed by atoms with Crippen molar-refractivity contribution >= 4 is 10.0 Å². The maximum atomic E-state index is 14.0. The molecule has 23 heavy (non-hydrogen) atoms. The van der Waals surface area contributed by atoms with Gasteiger partial charge in [-0.2, -0.15) is 4.31 Å². The van der Waals surface area contributed by atoms with Crippen LogP contribution in [0.1, 0.15) is 11.1 Å². The van der Waals surface area contributed by atoms with Crippen molar-refractivity contribution in [1.82, 2.24) is 4.31 Å². The molecule has 0 atom stereocenters. The largest absolute Gasteiger partial charge is 0.329 e. The molecular weight excluding hydrogens is 315 g/mol. The van der Waals surface area contributed by atoms with Crippen molar-refractivity contribution in [1.29, 1.82) is 0 Å². The molecule has 4 nitrogen and oxygen atoms in total. The maximum absolute atomic E-state index is 14.0. The third-order valence-corrected chi connectivity index (χ3v) is 5.49. The van der Waals surface area contributed by atoms with E-state index >= 15 is 0 Å². The highest BCUT2D eigenvalue weighted by molar-refractivity contribution is 7.89. The van der Waals surface area contributed by atoms with E-state index in [-0.39, 0.29) is 24.5 Å². The number of sulfonamides is 1. The molecule has 0 aromatic heterocycles. The zero-order valence-electron chi connectivity index (χ0n) is 13.1. The van der Waals surface area contributed by atoms with Crippen LogP contribution in [0.25, 0.3) is 0 Å². The molecule has 0 fully saturated rings. The molecule has 0 amide bonds. The summed E-state index contributed by atoms with van der Waals surface area (Å²) < 4.78 is 40.7. The summed E-state index contributed by atoms with van der Waals surface area (Å²) in [4.78, 5) is -0.293. The van der Waals surface area contributed by atoms with E-state index < -0.39 is 15.8 Å². The Hall–Kier alpha value is -1.76. The fourth-order valence-corrected chi connectivity index (χ4v) is 3.95. The van der Waals surface area contributed by atoms with Crippen LogP contribution in [-0.4, -0.2) is 32.4 Å². The Bertz CT molecular complexity index is 748. The lowest BCUT2D eigenvalue weighted by molar-refractivity contribution is 0.417. The van der Waals surface area contributed by atoms with Gasteiger partial charge in [-0.05, 0) is 36.6 Å². The van der Waals surface area contributed by atoms with Gasteiger partial charge < -0.3 is 5.73 Å². The number of nitrogens with zero attached hydrogens (tertiary/aromatic N) is 1. The molecule has 0 bridgehead atoms. The second kappa shape index (κ2) is 7.68. The normalized spacial score (nSPS) is 11.8. The van der Waals surface area contributed by atoms with Crippen molar-refractivity contribution in [3.63, 3.8) is 0 Å². The summed E-state index contributed by atoms with van der Waals surface area (Å²) in [5, 5.41) is 0. The number of aryl methyl sites for hydroxylation is 1. The molecule has 124 valence electrons. The van der Waals surface area contributed by atoms with E-state index in [1.54, 1.807) is 13.0 Å². The molecule has 0 saturated heterocycles. The molecule has 2 N–H and O–H groups in total. The molecule has 0 aliphatic rings. The van der Waals surface area contributed by atoms with Crippen molar-refractivity contribution in [2.24, 2.45) is 5.73 Å². The number of hydrogen-bond donors (Lipinski definition) is 1. The first-order valence-electron chi connectivity index (χ1n) is 7.45. The molecular formula is C17H21FN2O2S. The van der Waals surface area contributed by atoms with Crippen molar-refractivity contribution in [2.75, 3.05) is 19.6 Å². The molecule has 0 aliphatic carbocycles. The van der Waals surface area contributed by atoms with Gasteiger partial charge in [0, 0.05) is 19.6 Å². The van der Waals surface area contributed by atoms with Crippen molar-refractivity contribution in [3.05, 3.63) is 65.5 Å². The Morgan fingerprint density at radius 2 is 1.78 bits per heavy atom. The monoisotopic (exact) mass is 336 g/mol. The van der Waals surface area contributed by atoms with Gasteiger partial charge in [0.2, 0.25) is 10.0 Å². The van der Waals surface area contributed by atoms with E-state index in [0.29, 0.717) is 12.0 Å². The molecule has 2 rings (SSSR count). The summed E-state index contributed by atoms with van der Waals surface area (Å²) in [5.74, 6) is -0.739. The molecule has 0 unspecified atom stereocenters. The van der Waals surface area contributed by atoms with Crippen molar-refractivity contribution in [3.8, 4) is 0 Å². The molecule has 2 aromatic carbocycles.